The summed E-state index contributed by atoms with van der Waals surface area (Å²) in [4.78, 5) is 17.2. The third kappa shape index (κ3) is 4.55. The van der Waals surface area contributed by atoms with E-state index in [4.69, 9.17) is 18.9 Å². The van der Waals surface area contributed by atoms with E-state index in [0.717, 1.165) is 29.0 Å². The summed E-state index contributed by atoms with van der Waals surface area (Å²) < 4.78 is 18.6. The monoisotopic (exact) mass is 419 g/mol. The summed E-state index contributed by atoms with van der Waals surface area (Å²) in [6.07, 6.45) is 2.25. The minimum Gasteiger partial charge on any atom is -0.493 e. The van der Waals surface area contributed by atoms with Gasteiger partial charge in [0.2, 0.25) is 0 Å². The fourth-order valence-corrected chi connectivity index (χ4v) is 3.54. The van der Waals surface area contributed by atoms with Crippen molar-refractivity contribution >= 4 is 16.9 Å². The number of hydrogen-bond donors (Lipinski definition) is 1. The second-order valence-corrected chi connectivity index (χ2v) is 7.14. The molecule has 0 aliphatic rings. The molecule has 4 aromatic rings. The fraction of sp³-hybridized carbons (Fsp3) is 0.250. The smallest absolute Gasteiger partial charge is 0.287 e. The second kappa shape index (κ2) is 9.38. The number of ether oxygens (including phenoxy) is 2. The molecular weight excluding hydrogens is 394 g/mol. The number of aryl methyl sites for hydroxylation is 1. The van der Waals surface area contributed by atoms with Gasteiger partial charge < -0.3 is 23.8 Å². The summed E-state index contributed by atoms with van der Waals surface area (Å²) in [6.45, 7) is 3.15. The average Bonchev–Trinajstić information content (AvgIpc) is 3.45. The van der Waals surface area contributed by atoms with Crippen LogP contribution in [0.3, 0.4) is 0 Å². The number of amides is 1. The zero-order valence-electron chi connectivity index (χ0n) is 17.6. The highest BCUT2D eigenvalue weighted by Crippen LogP contribution is 2.26. The van der Waals surface area contributed by atoms with Crippen LogP contribution in [-0.4, -0.2) is 29.2 Å². The minimum absolute atomic E-state index is 0.268. The van der Waals surface area contributed by atoms with Gasteiger partial charge in [-0.2, -0.15) is 0 Å². The number of rotatable bonds is 9. The van der Waals surface area contributed by atoms with Crippen molar-refractivity contribution in [2.75, 3.05) is 13.7 Å². The Kier molecular flexibility index (Phi) is 6.21. The number of carbonyl (C=O) groups is 1. The van der Waals surface area contributed by atoms with Crippen LogP contribution >= 0.6 is 0 Å². The van der Waals surface area contributed by atoms with Crippen molar-refractivity contribution in [3.8, 4) is 11.5 Å². The number of fused-ring (bicyclic) bond motifs is 1. The van der Waals surface area contributed by atoms with E-state index in [0.29, 0.717) is 18.9 Å². The molecular formula is C24H25N3O4. The molecule has 31 heavy (non-hydrogen) atoms. The normalized spacial score (nSPS) is 11.9. The van der Waals surface area contributed by atoms with Gasteiger partial charge in [0, 0.05) is 6.54 Å². The molecule has 0 radical (unpaired) electrons. The molecule has 0 aliphatic heterocycles. The first-order valence-corrected chi connectivity index (χ1v) is 10.2. The van der Waals surface area contributed by atoms with E-state index >= 15 is 0 Å². The van der Waals surface area contributed by atoms with Gasteiger partial charge >= 0.3 is 0 Å². The lowest BCUT2D eigenvalue weighted by Crippen LogP contribution is -2.28. The number of methoxy groups -OCH3 is 1. The van der Waals surface area contributed by atoms with E-state index in [1.165, 1.54) is 6.26 Å². The Bertz CT molecular complexity index is 1150. The minimum atomic E-state index is -0.292. The number of hydrogen-bond acceptors (Lipinski definition) is 5. The molecule has 2 aromatic carbocycles. The molecule has 7 nitrogen and oxygen atoms in total. The van der Waals surface area contributed by atoms with Crippen LogP contribution in [0.4, 0.5) is 0 Å². The molecule has 0 bridgehead atoms. The first-order valence-electron chi connectivity index (χ1n) is 10.2. The highest BCUT2D eigenvalue weighted by atomic mass is 16.5. The summed E-state index contributed by atoms with van der Waals surface area (Å²) >= 11 is 0. The zero-order valence-corrected chi connectivity index (χ0v) is 17.6. The Labute approximate surface area is 180 Å². The predicted octanol–water partition coefficient (Wildman–Crippen LogP) is 4.60. The van der Waals surface area contributed by atoms with Gasteiger partial charge in [0.1, 0.15) is 5.82 Å². The summed E-state index contributed by atoms with van der Waals surface area (Å²) in [5.74, 6) is 2.24. The largest absolute Gasteiger partial charge is 0.493 e. The lowest BCUT2D eigenvalue weighted by atomic mass is 10.2. The van der Waals surface area contributed by atoms with Gasteiger partial charge in [-0.3, -0.25) is 4.79 Å². The standard InChI is InChI=1S/C24H25N3O4/c1-17(25-24(28)22-13-7-15-31-22)23-26-18-9-3-4-10-19(18)27(23)14-8-16-30-21-12-6-5-11-20(21)29-2/h3-7,9-13,15,17H,8,14,16H2,1-2H3,(H,25,28). The van der Waals surface area contributed by atoms with Crippen LogP contribution in [0.2, 0.25) is 0 Å². The third-order valence-electron chi connectivity index (χ3n) is 5.02. The molecule has 0 aliphatic carbocycles. The summed E-state index contributed by atoms with van der Waals surface area (Å²) in [5, 5.41) is 2.97. The Balaban J connectivity index is 1.48. The number of para-hydroxylation sites is 4. The van der Waals surface area contributed by atoms with Crippen molar-refractivity contribution in [1.82, 2.24) is 14.9 Å². The van der Waals surface area contributed by atoms with E-state index in [1.807, 2.05) is 55.5 Å². The second-order valence-electron chi connectivity index (χ2n) is 7.14. The first kappa shape index (κ1) is 20.5. The van der Waals surface area contributed by atoms with Gasteiger partial charge in [-0.1, -0.05) is 24.3 Å². The highest BCUT2D eigenvalue weighted by Gasteiger charge is 2.20. The van der Waals surface area contributed by atoms with Gasteiger partial charge in [-0.25, -0.2) is 4.98 Å². The summed E-state index contributed by atoms with van der Waals surface area (Å²) in [6, 6.07) is 18.6. The van der Waals surface area contributed by atoms with Gasteiger partial charge in [0.25, 0.3) is 5.91 Å². The number of benzene rings is 2. The van der Waals surface area contributed by atoms with E-state index in [-0.39, 0.29) is 17.7 Å². The van der Waals surface area contributed by atoms with Crippen molar-refractivity contribution in [1.29, 1.82) is 0 Å². The molecule has 4 rings (SSSR count). The van der Waals surface area contributed by atoms with Gasteiger partial charge in [-0.15, -0.1) is 0 Å². The number of nitrogens with zero attached hydrogens (tertiary/aromatic N) is 2. The quantitative estimate of drug-likeness (QED) is 0.401. The van der Waals surface area contributed by atoms with Crippen molar-refractivity contribution in [2.45, 2.75) is 25.9 Å². The number of imidazole rings is 1. The maximum Gasteiger partial charge on any atom is 0.287 e. The summed E-state index contributed by atoms with van der Waals surface area (Å²) in [5.41, 5.74) is 1.91. The molecule has 2 heterocycles. The van der Waals surface area contributed by atoms with Gasteiger partial charge in [0.15, 0.2) is 17.3 Å². The molecule has 1 amide bonds. The zero-order chi connectivity index (χ0) is 21.6. The van der Waals surface area contributed by atoms with Crippen LogP contribution in [0.1, 0.15) is 35.8 Å². The van der Waals surface area contributed by atoms with Crippen LogP contribution in [0.5, 0.6) is 11.5 Å². The lowest BCUT2D eigenvalue weighted by Gasteiger charge is -2.16. The van der Waals surface area contributed by atoms with E-state index in [2.05, 4.69) is 9.88 Å². The first-order chi connectivity index (χ1) is 15.2. The molecule has 0 saturated heterocycles. The average molecular weight is 419 g/mol. The molecule has 2 aromatic heterocycles. The fourth-order valence-electron chi connectivity index (χ4n) is 3.54. The van der Waals surface area contributed by atoms with Crippen LogP contribution in [-0.2, 0) is 6.54 Å². The van der Waals surface area contributed by atoms with Crippen molar-refractivity contribution in [3.63, 3.8) is 0 Å². The van der Waals surface area contributed by atoms with Gasteiger partial charge in [0.05, 0.1) is 37.1 Å². The Morgan fingerprint density at radius 3 is 2.65 bits per heavy atom. The van der Waals surface area contributed by atoms with E-state index in [9.17, 15) is 4.79 Å². The predicted molar refractivity (Wildman–Crippen MR) is 117 cm³/mol. The molecule has 0 saturated carbocycles. The van der Waals surface area contributed by atoms with Crippen molar-refractivity contribution in [3.05, 3.63) is 78.5 Å². The van der Waals surface area contributed by atoms with Crippen molar-refractivity contribution in [2.24, 2.45) is 0 Å². The number of aromatic nitrogens is 2. The Hall–Kier alpha value is -3.74. The van der Waals surface area contributed by atoms with Gasteiger partial charge in [-0.05, 0) is 49.7 Å². The van der Waals surface area contributed by atoms with Crippen LogP contribution < -0.4 is 14.8 Å². The molecule has 0 fully saturated rings. The van der Waals surface area contributed by atoms with Crippen LogP contribution in [0, 0.1) is 0 Å². The third-order valence-corrected chi connectivity index (χ3v) is 5.02. The van der Waals surface area contributed by atoms with E-state index in [1.54, 1.807) is 19.2 Å². The molecule has 7 heteroatoms. The van der Waals surface area contributed by atoms with Crippen molar-refractivity contribution < 1.29 is 18.7 Å². The maximum atomic E-state index is 12.4. The molecule has 1 atom stereocenters. The SMILES string of the molecule is COc1ccccc1OCCCn1c(C(C)NC(=O)c2ccco2)nc2ccccc21. The number of nitrogens with one attached hydrogen (secondary N) is 1. The number of carbonyl (C=O) groups excluding carboxylic acids is 1. The summed E-state index contributed by atoms with van der Waals surface area (Å²) in [7, 11) is 1.63. The van der Waals surface area contributed by atoms with Crippen LogP contribution in [0.25, 0.3) is 11.0 Å². The highest BCUT2D eigenvalue weighted by molar-refractivity contribution is 5.91. The lowest BCUT2D eigenvalue weighted by molar-refractivity contribution is 0.0909. The molecule has 1 unspecified atom stereocenters. The Morgan fingerprint density at radius 1 is 1.10 bits per heavy atom. The van der Waals surface area contributed by atoms with Crippen LogP contribution in [0.15, 0.2) is 71.3 Å². The number of furan rings is 1. The topological polar surface area (TPSA) is 78.5 Å². The maximum absolute atomic E-state index is 12.4. The molecule has 160 valence electrons. The molecule has 1 N–H and O–H groups in total. The Morgan fingerprint density at radius 2 is 1.87 bits per heavy atom. The molecule has 0 spiro atoms. The van der Waals surface area contributed by atoms with E-state index < -0.39 is 0 Å².